The molecule has 2 rings (SSSR count). The molecule has 1 aromatic carbocycles. The van der Waals surface area contributed by atoms with Crippen LogP contribution in [-0.2, 0) is 0 Å². The van der Waals surface area contributed by atoms with Gasteiger partial charge in [0.15, 0.2) is 0 Å². The highest BCUT2D eigenvalue weighted by Crippen LogP contribution is 2.38. The van der Waals surface area contributed by atoms with Crippen LogP contribution in [0, 0.1) is 30.5 Å². The monoisotopic (exact) mass is 263 g/mol. The molecule has 1 fully saturated rings. The van der Waals surface area contributed by atoms with E-state index in [9.17, 15) is 4.39 Å². The highest BCUT2D eigenvalue weighted by atomic mass is 19.1. The zero-order valence-electron chi connectivity index (χ0n) is 12.3. The van der Waals surface area contributed by atoms with Crippen molar-refractivity contribution in [2.75, 3.05) is 0 Å². The molecule has 0 aliphatic heterocycles. The number of hydrogen-bond acceptors (Lipinski definition) is 1. The van der Waals surface area contributed by atoms with E-state index in [1.54, 1.807) is 12.1 Å². The Morgan fingerprint density at radius 2 is 1.63 bits per heavy atom. The molecule has 0 bridgehead atoms. The number of nitrogens with two attached hydrogens (primary N) is 1. The topological polar surface area (TPSA) is 26.0 Å². The molecule has 1 aliphatic rings. The Morgan fingerprint density at radius 1 is 1.05 bits per heavy atom. The predicted octanol–water partition coefficient (Wildman–Crippen LogP) is 4.60. The van der Waals surface area contributed by atoms with Gasteiger partial charge in [-0.3, -0.25) is 0 Å². The predicted molar refractivity (Wildman–Crippen MR) is 78.4 cm³/mol. The fraction of sp³-hybridized carbons (Fsp3) is 0.647. The Hall–Kier alpha value is -0.890. The van der Waals surface area contributed by atoms with Gasteiger partial charge in [-0.2, -0.15) is 0 Å². The lowest BCUT2D eigenvalue weighted by Crippen LogP contribution is -2.27. The maximum atomic E-state index is 13.5. The van der Waals surface area contributed by atoms with Gasteiger partial charge in [-0.15, -0.1) is 0 Å². The van der Waals surface area contributed by atoms with Crippen LogP contribution in [0.4, 0.5) is 4.39 Å². The third kappa shape index (κ3) is 3.56. The van der Waals surface area contributed by atoms with Crippen molar-refractivity contribution in [2.24, 2.45) is 23.5 Å². The van der Waals surface area contributed by atoms with Gasteiger partial charge in [0.2, 0.25) is 0 Å². The van der Waals surface area contributed by atoms with E-state index in [0.29, 0.717) is 5.92 Å². The summed E-state index contributed by atoms with van der Waals surface area (Å²) in [5, 5.41) is 0. The van der Waals surface area contributed by atoms with E-state index in [2.05, 4.69) is 13.8 Å². The molecular weight excluding hydrogens is 237 g/mol. The summed E-state index contributed by atoms with van der Waals surface area (Å²) in [6, 6.07) is 5.18. The summed E-state index contributed by atoms with van der Waals surface area (Å²) < 4.78 is 13.5. The molecule has 1 aliphatic carbocycles. The van der Waals surface area contributed by atoms with Crippen molar-refractivity contribution in [1.29, 1.82) is 0 Å². The second-order valence-corrected chi connectivity index (χ2v) is 6.51. The van der Waals surface area contributed by atoms with E-state index >= 15 is 0 Å². The maximum Gasteiger partial charge on any atom is 0.123 e. The fourth-order valence-electron chi connectivity index (χ4n) is 3.40. The molecule has 2 heteroatoms. The first-order valence-electron chi connectivity index (χ1n) is 7.50. The standard InChI is InChI=1S/C17H26FN/c1-11(2)13-4-6-14(7-5-13)17(19)15-8-12(3)9-16(18)10-15/h8-11,13-14,17H,4-7,19H2,1-3H3. The van der Waals surface area contributed by atoms with E-state index in [1.807, 2.05) is 13.0 Å². The molecule has 1 unspecified atom stereocenters. The first kappa shape index (κ1) is 14.5. The SMILES string of the molecule is Cc1cc(F)cc(C(N)C2CCC(C(C)C)CC2)c1. The highest BCUT2D eigenvalue weighted by Gasteiger charge is 2.27. The van der Waals surface area contributed by atoms with Crippen molar-refractivity contribution in [3.05, 3.63) is 35.1 Å². The number of benzene rings is 1. The van der Waals surface area contributed by atoms with E-state index < -0.39 is 0 Å². The van der Waals surface area contributed by atoms with Crippen LogP contribution in [0.1, 0.15) is 56.7 Å². The Morgan fingerprint density at radius 3 is 2.16 bits per heavy atom. The molecule has 0 saturated heterocycles. The normalized spacial score (nSPS) is 25.6. The maximum absolute atomic E-state index is 13.5. The van der Waals surface area contributed by atoms with Crippen LogP contribution in [0.15, 0.2) is 18.2 Å². The molecule has 1 nitrogen and oxygen atoms in total. The third-order valence-corrected chi connectivity index (χ3v) is 4.72. The molecular formula is C17H26FN. The molecule has 1 atom stereocenters. The number of rotatable bonds is 3. The lowest BCUT2D eigenvalue weighted by atomic mass is 9.73. The second kappa shape index (κ2) is 6.04. The van der Waals surface area contributed by atoms with E-state index in [4.69, 9.17) is 5.73 Å². The molecule has 2 N–H and O–H groups in total. The zero-order valence-corrected chi connectivity index (χ0v) is 12.3. The summed E-state index contributed by atoms with van der Waals surface area (Å²) in [4.78, 5) is 0. The van der Waals surface area contributed by atoms with Crippen molar-refractivity contribution in [2.45, 2.75) is 52.5 Å². The van der Waals surface area contributed by atoms with Crippen molar-refractivity contribution in [1.82, 2.24) is 0 Å². The first-order valence-corrected chi connectivity index (χ1v) is 7.50. The summed E-state index contributed by atoms with van der Waals surface area (Å²) >= 11 is 0. The minimum absolute atomic E-state index is 0.0116. The molecule has 0 aromatic heterocycles. The van der Waals surface area contributed by atoms with Gasteiger partial charge in [0, 0.05) is 6.04 Å². The molecule has 19 heavy (non-hydrogen) atoms. The van der Waals surface area contributed by atoms with Gasteiger partial charge >= 0.3 is 0 Å². The van der Waals surface area contributed by atoms with Gasteiger partial charge in [-0.25, -0.2) is 4.39 Å². The van der Waals surface area contributed by atoms with E-state index in [1.165, 1.54) is 25.7 Å². The largest absolute Gasteiger partial charge is 0.324 e. The van der Waals surface area contributed by atoms with Crippen LogP contribution in [0.25, 0.3) is 0 Å². The quantitative estimate of drug-likeness (QED) is 0.847. The van der Waals surface area contributed by atoms with Gasteiger partial charge in [0.1, 0.15) is 5.82 Å². The van der Waals surface area contributed by atoms with E-state index in [-0.39, 0.29) is 11.9 Å². The van der Waals surface area contributed by atoms with Crippen LogP contribution in [0.5, 0.6) is 0 Å². The minimum Gasteiger partial charge on any atom is -0.324 e. The summed E-state index contributed by atoms with van der Waals surface area (Å²) in [6.45, 7) is 6.54. The Kier molecular flexibility index (Phi) is 4.62. The van der Waals surface area contributed by atoms with Crippen molar-refractivity contribution < 1.29 is 4.39 Å². The lowest BCUT2D eigenvalue weighted by Gasteiger charge is -2.34. The van der Waals surface area contributed by atoms with Gasteiger partial charge in [0.25, 0.3) is 0 Å². The second-order valence-electron chi connectivity index (χ2n) is 6.51. The molecule has 0 radical (unpaired) electrons. The third-order valence-electron chi connectivity index (χ3n) is 4.72. The molecule has 1 aromatic rings. The van der Waals surface area contributed by atoms with Crippen molar-refractivity contribution in [3.8, 4) is 0 Å². The lowest BCUT2D eigenvalue weighted by molar-refractivity contribution is 0.203. The molecule has 0 amide bonds. The average Bonchev–Trinajstić information content (AvgIpc) is 2.37. The van der Waals surface area contributed by atoms with Crippen molar-refractivity contribution in [3.63, 3.8) is 0 Å². The summed E-state index contributed by atoms with van der Waals surface area (Å²) in [5.74, 6) is 1.96. The van der Waals surface area contributed by atoms with Crippen LogP contribution in [-0.4, -0.2) is 0 Å². The summed E-state index contributed by atoms with van der Waals surface area (Å²) in [5.41, 5.74) is 8.29. The highest BCUT2D eigenvalue weighted by molar-refractivity contribution is 5.26. The summed E-state index contributed by atoms with van der Waals surface area (Å²) in [6.07, 6.45) is 4.90. The number of halogens is 1. The van der Waals surface area contributed by atoms with Gasteiger partial charge < -0.3 is 5.73 Å². The Bertz CT molecular complexity index is 399. The van der Waals surface area contributed by atoms with Crippen LogP contribution >= 0.6 is 0 Å². The molecule has 0 spiro atoms. The van der Waals surface area contributed by atoms with Crippen LogP contribution in [0.3, 0.4) is 0 Å². The molecule has 106 valence electrons. The number of aryl methyl sites for hydroxylation is 1. The molecule has 1 saturated carbocycles. The average molecular weight is 263 g/mol. The van der Waals surface area contributed by atoms with Gasteiger partial charge in [-0.1, -0.05) is 19.9 Å². The van der Waals surface area contributed by atoms with Crippen molar-refractivity contribution >= 4 is 0 Å². The van der Waals surface area contributed by atoms with Gasteiger partial charge in [-0.05, 0) is 73.6 Å². The van der Waals surface area contributed by atoms with E-state index in [0.717, 1.165) is 23.0 Å². The summed E-state index contributed by atoms with van der Waals surface area (Å²) in [7, 11) is 0. The smallest absolute Gasteiger partial charge is 0.123 e. The zero-order chi connectivity index (χ0) is 14.0. The Balaban J connectivity index is 2.02. The van der Waals surface area contributed by atoms with Crippen LogP contribution < -0.4 is 5.73 Å². The fourth-order valence-corrected chi connectivity index (χ4v) is 3.40. The number of hydrogen-bond donors (Lipinski definition) is 1. The first-order chi connectivity index (χ1) is 8.97. The molecule has 0 heterocycles. The Labute approximate surface area is 116 Å². The van der Waals surface area contributed by atoms with Crippen LogP contribution in [0.2, 0.25) is 0 Å². The minimum atomic E-state index is -0.165. The van der Waals surface area contributed by atoms with Gasteiger partial charge in [0.05, 0.1) is 0 Å².